The Labute approximate surface area is 261 Å². The van der Waals surface area contributed by atoms with E-state index in [1.165, 1.54) is 6.07 Å². The normalized spacial score (nSPS) is 22.2. The molecule has 3 fully saturated rings. The number of anilines is 2. The molecule has 0 saturated carbocycles. The van der Waals surface area contributed by atoms with Crippen molar-refractivity contribution >= 4 is 39.3 Å². The lowest BCUT2D eigenvalue weighted by Crippen LogP contribution is -2.43. The molecule has 3 saturated heterocycles. The summed E-state index contributed by atoms with van der Waals surface area (Å²) in [7, 11) is 0. The summed E-state index contributed by atoms with van der Waals surface area (Å²) in [6.45, 7) is 8.79. The highest BCUT2D eigenvalue weighted by Crippen LogP contribution is 2.43. The number of ether oxygens (including phenoxy) is 1. The number of hydrogen-bond donors (Lipinski definition) is 2. The molecule has 0 radical (unpaired) electrons. The van der Waals surface area contributed by atoms with Crippen LogP contribution in [0.15, 0.2) is 36.9 Å². The standard InChI is InChI=1S/C35H39F3N6O/c1-3-21-16-27-32(31(38)30(21)26-17-24(39)15-22-9-10-28(37)25(4-2)29(22)26)41-34(42-33(27)44-14-7-5-6-12-40-44)45-20-35-11-8-13-43(35)19-23(36)18-35/h3,9-10,15-17,23,40H,1,4-8,11-14,18-20,39H2,2H3/t23-,35+/m1/s1. The van der Waals surface area contributed by atoms with Crippen molar-refractivity contribution in [3.63, 3.8) is 0 Å². The average Bonchev–Trinajstić information content (AvgIpc) is 3.41. The first kappa shape index (κ1) is 29.8. The average molecular weight is 617 g/mol. The van der Waals surface area contributed by atoms with E-state index in [9.17, 15) is 4.39 Å². The number of hydrazine groups is 1. The largest absolute Gasteiger partial charge is 0.461 e. The number of halogens is 3. The molecular weight excluding hydrogens is 577 g/mol. The van der Waals surface area contributed by atoms with Crippen LogP contribution in [0, 0.1) is 11.6 Å². The highest BCUT2D eigenvalue weighted by Gasteiger charge is 2.49. The second-order valence-corrected chi connectivity index (χ2v) is 12.6. The van der Waals surface area contributed by atoms with Crippen molar-refractivity contribution in [3.05, 3.63) is 59.7 Å². The number of rotatable bonds is 7. The van der Waals surface area contributed by atoms with Gasteiger partial charge in [0.15, 0.2) is 11.6 Å². The van der Waals surface area contributed by atoms with Crippen molar-refractivity contribution in [2.75, 3.05) is 43.5 Å². The summed E-state index contributed by atoms with van der Waals surface area (Å²) in [6.07, 6.45) is 6.36. The lowest BCUT2D eigenvalue weighted by molar-refractivity contribution is 0.107. The van der Waals surface area contributed by atoms with E-state index in [-0.39, 0.29) is 29.5 Å². The molecule has 0 spiro atoms. The van der Waals surface area contributed by atoms with Crippen LogP contribution in [0.3, 0.4) is 0 Å². The van der Waals surface area contributed by atoms with E-state index in [1.54, 1.807) is 24.3 Å². The van der Waals surface area contributed by atoms with Gasteiger partial charge in [0, 0.05) is 42.7 Å². The second kappa shape index (κ2) is 11.8. The molecule has 7 nitrogen and oxygen atoms in total. The molecule has 45 heavy (non-hydrogen) atoms. The molecular formula is C35H39F3N6O. The van der Waals surface area contributed by atoms with E-state index in [0.29, 0.717) is 64.9 Å². The van der Waals surface area contributed by atoms with E-state index in [0.717, 1.165) is 50.6 Å². The van der Waals surface area contributed by atoms with Gasteiger partial charge >= 0.3 is 6.01 Å². The summed E-state index contributed by atoms with van der Waals surface area (Å²) in [5.74, 6) is -0.430. The number of hydrogen-bond acceptors (Lipinski definition) is 7. The molecule has 4 aromatic rings. The predicted octanol–water partition coefficient (Wildman–Crippen LogP) is 6.97. The van der Waals surface area contributed by atoms with Gasteiger partial charge in [0.25, 0.3) is 0 Å². The number of fused-ring (bicyclic) bond motifs is 3. The lowest BCUT2D eigenvalue weighted by atomic mass is 9.89. The van der Waals surface area contributed by atoms with E-state index in [1.807, 2.05) is 18.0 Å². The number of benzene rings is 3. The molecule has 0 bridgehead atoms. The Morgan fingerprint density at radius 3 is 2.82 bits per heavy atom. The number of nitrogens with two attached hydrogens (primary N) is 1. The Bertz CT molecular complexity index is 1790. The van der Waals surface area contributed by atoms with Crippen molar-refractivity contribution in [2.45, 2.75) is 63.6 Å². The number of aromatic nitrogens is 2. The van der Waals surface area contributed by atoms with Crippen molar-refractivity contribution < 1.29 is 17.9 Å². The fourth-order valence-corrected chi connectivity index (χ4v) is 7.69. The predicted molar refractivity (Wildman–Crippen MR) is 174 cm³/mol. The molecule has 4 heterocycles. The number of aryl methyl sites for hydroxylation is 1. The SMILES string of the molecule is C=Cc1cc2c(N3CCCCCN3)nc(OC[C@@]34CCCN3C[C@H](F)C4)nc2c(F)c1-c1cc(N)cc2ccc(F)c(CC)c12. The minimum Gasteiger partial charge on any atom is -0.461 e. The van der Waals surface area contributed by atoms with Crippen LogP contribution in [-0.4, -0.2) is 59.4 Å². The molecule has 0 amide bonds. The smallest absolute Gasteiger partial charge is 0.319 e. The Kier molecular flexibility index (Phi) is 7.81. The van der Waals surface area contributed by atoms with Crippen LogP contribution in [0.2, 0.25) is 0 Å². The summed E-state index contributed by atoms with van der Waals surface area (Å²) >= 11 is 0. The van der Waals surface area contributed by atoms with Gasteiger partial charge in [-0.1, -0.05) is 32.1 Å². The fourth-order valence-electron chi connectivity index (χ4n) is 7.69. The quantitative estimate of drug-likeness (QED) is 0.217. The molecule has 3 aliphatic heterocycles. The summed E-state index contributed by atoms with van der Waals surface area (Å²) in [4.78, 5) is 11.6. The van der Waals surface area contributed by atoms with E-state index >= 15 is 8.78 Å². The molecule has 236 valence electrons. The number of nitrogen functional groups attached to an aromatic ring is 1. The van der Waals surface area contributed by atoms with E-state index in [2.05, 4.69) is 21.9 Å². The Morgan fingerprint density at radius 1 is 1.13 bits per heavy atom. The molecule has 1 aromatic heterocycles. The third kappa shape index (κ3) is 5.17. The fraction of sp³-hybridized carbons (Fsp3) is 0.429. The van der Waals surface area contributed by atoms with Gasteiger partial charge in [0.1, 0.15) is 24.1 Å². The highest BCUT2D eigenvalue weighted by atomic mass is 19.1. The lowest BCUT2D eigenvalue weighted by Gasteiger charge is -2.31. The molecule has 3 aliphatic rings. The first-order chi connectivity index (χ1) is 21.8. The number of nitrogens with zero attached hydrogens (tertiary/aromatic N) is 4. The van der Waals surface area contributed by atoms with Crippen LogP contribution in [0.4, 0.5) is 24.7 Å². The van der Waals surface area contributed by atoms with Crippen molar-refractivity contribution in [1.29, 1.82) is 0 Å². The van der Waals surface area contributed by atoms with Crippen LogP contribution in [-0.2, 0) is 6.42 Å². The zero-order chi connectivity index (χ0) is 31.3. The van der Waals surface area contributed by atoms with Crippen LogP contribution in [0.5, 0.6) is 6.01 Å². The maximum atomic E-state index is 17.2. The van der Waals surface area contributed by atoms with Crippen molar-refractivity contribution in [1.82, 2.24) is 20.3 Å². The van der Waals surface area contributed by atoms with E-state index in [4.69, 9.17) is 15.5 Å². The van der Waals surface area contributed by atoms with Crippen molar-refractivity contribution in [2.24, 2.45) is 0 Å². The van der Waals surface area contributed by atoms with E-state index < -0.39 is 17.5 Å². The first-order valence-electron chi connectivity index (χ1n) is 16.0. The summed E-state index contributed by atoms with van der Waals surface area (Å²) in [5, 5.41) is 3.79. The monoisotopic (exact) mass is 616 g/mol. The third-order valence-corrected chi connectivity index (χ3v) is 9.80. The van der Waals surface area contributed by atoms with Gasteiger partial charge in [-0.05, 0) is 90.4 Å². The summed E-state index contributed by atoms with van der Waals surface area (Å²) in [6, 6.07) is 8.44. The zero-order valence-corrected chi connectivity index (χ0v) is 25.6. The van der Waals surface area contributed by atoms with Gasteiger partial charge in [0.2, 0.25) is 0 Å². The van der Waals surface area contributed by atoms with Gasteiger partial charge in [-0.15, -0.1) is 0 Å². The first-order valence-corrected chi connectivity index (χ1v) is 16.0. The van der Waals surface area contributed by atoms with Crippen molar-refractivity contribution in [3.8, 4) is 17.1 Å². The number of nitrogens with one attached hydrogen (secondary N) is 1. The Morgan fingerprint density at radius 2 is 2.00 bits per heavy atom. The molecule has 2 atom stereocenters. The molecule has 7 rings (SSSR count). The van der Waals surface area contributed by atoms with Gasteiger partial charge in [-0.3, -0.25) is 9.91 Å². The third-order valence-electron chi connectivity index (χ3n) is 9.80. The minimum absolute atomic E-state index is 0.0426. The van der Waals surface area contributed by atoms with Crippen LogP contribution in [0.25, 0.3) is 38.9 Å². The van der Waals surface area contributed by atoms with Crippen LogP contribution < -0.4 is 20.9 Å². The molecule has 3 aromatic carbocycles. The maximum absolute atomic E-state index is 17.2. The van der Waals surface area contributed by atoms with Gasteiger partial charge in [-0.2, -0.15) is 9.97 Å². The minimum atomic E-state index is -0.897. The molecule has 0 aliphatic carbocycles. The zero-order valence-electron chi connectivity index (χ0n) is 25.6. The molecule has 3 N–H and O–H groups in total. The van der Waals surface area contributed by atoms with Crippen LogP contribution >= 0.6 is 0 Å². The summed E-state index contributed by atoms with van der Waals surface area (Å²) in [5.41, 5.74) is 11.6. The van der Waals surface area contributed by atoms with Gasteiger partial charge in [-0.25, -0.2) is 18.6 Å². The number of alkyl halides is 1. The Hall–Kier alpha value is -3.89. The van der Waals surface area contributed by atoms with Gasteiger partial charge in [0.05, 0.1) is 5.54 Å². The molecule has 0 unspecified atom stereocenters. The van der Waals surface area contributed by atoms with Gasteiger partial charge < -0.3 is 10.5 Å². The summed E-state index contributed by atoms with van der Waals surface area (Å²) < 4.78 is 53.0. The highest BCUT2D eigenvalue weighted by molar-refractivity contribution is 6.06. The second-order valence-electron chi connectivity index (χ2n) is 12.6. The van der Waals surface area contributed by atoms with Crippen LogP contribution in [0.1, 0.15) is 56.6 Å². The molecule has 10 heteroatoms. The Balaban J connectivity index is 1.43. The maximum Gasteiger partial charge on any atom is 0.319 e. The topological polar surface area (TPSA) is 79.5 Å².